The number of hydrogen-bond donors (Lipinski definition) is 1. The molecule has 0 aliphatic rings. The van der Waals surface area contributed by atoms with Gasteiger partial charge >= 0.3 is 0 Å². The highest BCUT2D eigenvalue weighted by Crippen LogP contribution is 2.31. The standard InChI is InChI=1S/C18H30BrNO/c1-4-7-8-9-10-11-17(20-5-2)16-14-15(19)12-13-18(16)21-6-3/h12-14,17,20H,4-11H2,1-3H3. The predicted molar refractivity (Wildman–Crippen MR) is 95.1 cm³/mol. The average Bonchev–Trinajstić information content (AvgIpc) is 2.48. The van der Waals surface area contributed by atoms with Crippen molar-refractivity contribution in [1.82, 2.24) is 5.32 Å². The summed E-state index contributed by atoms with van der Waals surface area (Å²) in [6.45, 7) is 8.17. The van der Waals surface area contributed by atoms with Gasteiger partial charge in [-0.25, -0.2) is 0 Å². The molecule has 0 spiro atoms. The van der Waals surface area contributed by atoms with Crippen LogP contribution in [-0.4, -0.2) is 13.2 Å². The quantitative estimate of drug-likeness (QED) is 0.502. The second-order valence-electron chi connectivity index (χ2n) is 5.43. The smallest absolute Gasteiger partial charge is 0.124 e. The zero-order valence-corrected chi connectivity index (χ0v) is 15.3. The number of ether oxygens (including phenoxy) is 1. The zero-order valence-electron chi connectivity index (χ0n) is 13.8. The molecule has 120 valence electrons. The van der Waals surface area contributed by atoms with Crippen LogP contribution in [0, 0.1) is 0 Å². The lowest BCUT2D eigenvalue weighted by molar-refractivity contribution is 0.329. The highest BCUT2D eigenvalue weighted by atomic mass is 79.9. The topological polar surface area (TPSA) is 21.3 Å². The van der Waals surface area contributed by atoms with Crippen molar-refractivity contribution in [2.45, 2.75) is 65.3 Å². The van der Waals surface area contributed by atoms with Gasteiger partial charge < -0.3 is 10.1 Å². The van der Waals surface area contributed by atoms with E-state index in [1.807, 2.05) is 6.92 Å². The molecule has 3 heteroatoms. The number of rotatable bonds is 11. The molecular weight excluding hydrogens is 326 g/mol. The Kier molecular flexibility index (Phi) is 9.77. The summed E-state index contributed by atoms with van der Waals surface area (Å²) in [7, 11) is 0. The van der Waals surface area contributed by atoms with Crippen LogP contribution in [-0.2, 0) is 0 Å². The lowest BCUT2D eigenvalue weighted by Gasteiger charge is -2.21. The van der Waals surface area contributed by atoms with Crippen molar-refractivity contribution in [2.24, 2.45) is 0 Å². The first-order valence-electron chi connectivity index (χ1n) is 8.38. The van der Waals surface area contributed by atoms with Crippen molar-refractivity contribution in [1.29, 1.82) is 0 Å². The van der Waals surface area contributed by atoms with E-state index in [9.17, 15) is 0 Å². The molecule has 1 atom stereocenters. The third-order valence-electron chi connectivity index (χ3n) is 3.69. The molecule has 0 aromatic heterocycles. The van der Waals surface area contributed by atoms with Gasteiger partial charge in [0.15, 0.2) is 0 Å². The van der Waals surface area contributed by atoms with Gasteiger partial charge in [0.2, 0.25) is 0 Å². The normalized spacial score (nSPS) is 12.4. The lowest BCUT2D eigenvalue weighted by atomic mass is 9.98. The first-order chi connectivity index (χ1) is 10.2. The summed E-state index contributed by atoms with van der Waals surface area (Å²) >= 11 is 3.59. The van der Waals surface area contributed by atoms with Crippen LogP contribution < -0.4 is 10.1 Å². The molecule has 1 unspecified atom stereocenters. The molecule has 0 radical (unpaired) electrons. The molecule has 0 fully saturated rings. The van der Waals surface area contributed by atoms with Crippen molar-refractivity contribution in [3.8, 4) is 5.75 Å². The fourth-order valence-corrected chi connectivity index (χ4v) is 3.02. The number of halogens is 1. The summed E-state index contributed by atoms with van der Waals surface area (Å²) in [4.78, 5) is 0. The van der Waals surface area contributed by atoms with Crippen LogP contribution in [0.25, 0.3) is 0 Å². The van der Waals surface area contributed by atoms with Gasteiger partial charge in [0, 0.05) is 16.1 Å². The van der Waals surface area contributed by atoms with Crippen LogP contribution in [0.15, 0.2) is 22.7 Å². The molecule has 1 rings (SSSR count). The van der Waals surface area contributed by atoms with Crippen LogP contribution in [0.5, 0.6) is 5.75 Å². The van der Waals surface area contributed by atoms with Crippen molar-refractivity contribution >= 4 is 15.9 Å². The van der Waals surface area contributed by atoms with Crippen molar-refractivity contribution < 1.29 is 4.74 Å². The van der Waals surface area contributed by atoms with Gasteiger partial charge in [-0.3, -0.25) is 0 Å². The summed E-state index contributed by atoms with van der Waals surface area (Å²) in [5, 5.41) is 3.62. The number of unbranched alkanes of at least 4 members (excludes halogenated alkanes) is 4. The Balaban J connectivity index is 2.71. The van der Waals surface area contributed by atoms with Crippen molar-refractivity contribution in [3.05, 3.63) is 28.2 Å². The monoisotopic (exact) mass is 355 g/mol. The second kappa shape index (κ2) is 11.1. The molecule has 21 heavy (non-hydrogen) atoms. The van der Waals surface area contributed by atoms with E-state index in [0.29, 0.717) is 12.6 Å². The molecule has 0 aliphatic heterocycles. The Hall–Kier alpha value is -0.540. The molecular formula is C18H30BrNO. The third-order valence-corrected chi connectivity index (χ3v) is 4.19. The van der Waals surface area contributed by atoms with E-state index in [0.717, 1.165) is 16.8 Å². The maximum atomic E-state index is 5.80. The van der Waals surface area contributed by atoms with Gasteiger partial charge in [-0.05, 0) is 38.1 Å². The van der Waals surface area contributed by atoms with Crippen LogP contribution in [0.2, 0.25) is 0 Å². The largest absolute Gasteiger partial charge is 0.494 e. The van der Waals surface area contributed by atoms with E-state index in [1.165, 1.54) is 44.1 Å². The SMILES string of the molecule is CCCCCCCC(NCC)c1cc(Br)ccc1OCC. The van der Waals surface area contributed by atoms with Crippen LogP contribution in [0.4, 0.5) is 0 Å². The van der Waals surface area contributed by atoms with E-state index in [2.05, 4.69) is 53.3 Å². The molecule has 1 aromatic rings. The first kappa shape index (κ1) is 18.5. The lowest BCUT2D eigenvalue weighted by Crippen LogP contribution is -2.21. The Bertz CT molecular complexity index is 395. The van der Waals surface area contributed by atoms with Gasteiger partial charge in [0.1, 0.15) is 5.75 Å². The molecule has 0 saturated heterocycles. The van der Waals surface area contributed by atoms with Gasteiger partial charge in [-0.1, -0.05) is 61.9 Å². The molecule has 0 aliphatic carbocycles. The van der Waals surface area contributed by atoms with Gasteiger partial charge in [-0.2, -0.15) is 0 Å². The van der Waals surface area contributed by atoms with Crippen molar-refractivity contribution in [2.75, 3.05) is 13.2 Å². The number of benzene rings is 1. The molecule has 2 nitrogen and oxygen atoms in total. The molecule has 0 bridgehead atoms. The summed E-state index contributed by atoms with van der Waals surface area (Å²) in [5.41, 5.74) is 1.28. The van der Waals surface area contributed by atoms with Gasteiger partial charge in [0.25, 0.3) is 0 Å². The maximum Gasteiger partial charge on any atom is 0.124 e. The average molecular weight is 356 g/mol. The highest BCUT2D eigenvalue weighted by molar-refractivity contribution is 9.10. The van der Waals surface area contributed by atoms with Crippen LogP contribution >= 0.6 is 15.9 Å². The minimum Gasteiger partial charge on any atom is -0.494 e. The summed E-state index contributed by atoms with van der Waals surface area (Å²) in [6, 6.07) is 6.71. The molecule has 1 aromatic carbocycles. The minimum absolute atomic E-state index is 0.385. The van der Waals surface area contributed by atoms with E-state index in [1.54, 1.807) is 0 Å². The van der Waals surface area contributed by atoms with E-state index in [-0.39, 0.29) is 0 Å². The molecule has 0 heterocycles. The second-order valence-corrected chi connectivity index (χ2v) is 6.34. The summed E-state index contributed by atoms with van der Waals surface area (Å²) < 4.78 is 6.92. The van der Waals surface area contributed by atoms with Gasteiger partial charge in [-0.15, -0.1) is 0 Å². The van der Waals surface area contributed by atoms with Crippen LogP contribution in [0.3, 0.4) is 0 Å². The molecule has 1 N–H and O–H groups in total. The molecule has 0 saturated carbocycles. The summed E-state index contributed by atoms with van der Waals surface area (Å²) in [5.74, 6) is 1.01. The maximum absolute atomic E-state index is 5.80. The number of hydrogen-bond acceptors (Lipinski definition) is 2. The van der Waals surface area contributed by atoms with Crippen molar-refractivity contribution in [3.63, 3.8) is 0 Å². The molecule has 0 amide bonds. The number of nitrogens with one attached hydrogen (secondary N) is 1. The van der Waals surface area contributed by atoms with E-state index < -0.39 is 0 Å². The van der Waals surface area contributed by atoms with Gasteiger partial charge in [0.05, 0.1) is 6.61 Å². The highest BCUT2D eigenvalue weighted by Gasteiger charge is 2.15. The fourth-order valence-electron chi connectivity index (χ4n) is 2.64. The Morgan fingerprint density at radius 1 is 1.10 bits per heavy atom. The minimum atomic E-state index is 0.385. The van der Waals surface area contributed by atoms with E-state index in [4.69, 9.17) is 4.74 Å². The first-order valence-corrected chi connectivity index (χ1v) is 9.17. The fraction of sp³-hybridized carbons (Fsp3) is 0.667. The Morgan fingerprint density at radius 2 is 1.86 bits per heavy atom. The zero-order chi connectivity index (χ0) is 15.5. The third kappa shape index (κ3) is 6.84. The Morgan fingerprint density at radius 3 is 2.52 bits per heavy atom. The Labute approximate surface area is 138 Å². The summed E-state index contributed by atoms with van der Waals surface area (Å²) in [6.07, 6.45) is 7.79. The predicted octanol–water partition coefficient (Wildman–Crippen LogP) is 5.86. The van der Waals surface area contributed by atoms with Crippen LogP contribution in [0.1, 0.15) is 70.9 Å². The van der Waals surface area contributed by atoms with E-state index >= 15 is 0 Å².